The number of thiophene rings is 1. The minimum absolute atomic E-state index is 0.358. The van der Waals surface area contributed by atoms with Gasteiger partial charge in [-0.25, -0.2) is 0 Å². The summed E-state index contributed by atoms with van der Waals surface area (Å²) in [5.74, 6) is 1.95. The molecule has 0 amide bonds. The number of thioether (sulfide) groups is 1. The normalized spacial score (nSPS) is 12.3. The van der Waals surface area contributed by atoms with Crippen molar-refractivity contribution in [3.8, 4) is 5.75 Å². The lowest BCUT2D eigenvalue weighted by Gasteiger charge is -2.15. The summed E-state index contributed by atoms with van der Waals surface area (Å²) in [4.78, 5) is 0. The van der Waals surface area contributed by atoms with Crippen LogP contribution in [0.3, 0.4) is 0 Å². The van der Waals surface area contributed by atoms with Crippen LogP contribution in [0.15, 0.2) is 39.9 Å². The van der Waals surface area contributed by atoms with Crippen LogP contribution in [0.5, 0.6) is 5.75 Å². The first kappa shape index (κ1) is 15.4. The van der Waals surface area contributed by atoms with Gasteiger partial charge >= 0.3 is 0 Å². The van der Waals surface area contributed by atoms with Crippen molar-refractivity contribution in [2.24, 2.45) is 0 Å². The summed E-state index contributed by atoms with van der Waals surface area (Å²) in [5.41, 5.74) is 2.57. The molecule has 1 heterocycles. The van der Waals surface area contributed by atoms with Gasteiger partial charge in [-0.05, 0) is 50.0 Å². The minimum atomic E-state index is 0.358. The van der Waals surface area contributed by atoms with Crippen LogP contribution in [0.4, 0.5) is 0 Å². The molecule has 2 nitrogen and oxygen atoms in total. The molecule has 0 spiro atoms. The third-order valence-corrected chi connectivity index (χ3v) is 5.36. The molecule has 1 N–H and O–H groups in total. The van der Waals surface area contributed by atoms with E-state index in [1.54, 1.807) is 11.3 Å². The summed E-state index contributed by atoms with van der Waals surface area (Å²) in [5, 5.41) is 5.40. The highest BCUT2D eigenvalue weighted by atomic mass is 32.2. The van der Waals surface area contributed by atoms with Crippen LogP contribution in [0.1, 0.15) is 31.0 Å². The van der Waals surface area contributed by atoms with E-state index in [0.29, 0.717) is 12.6 Å². The van der Waals surface area contributed by atoms with E-state index in [0.717, 1.165) is 11.5 Å². The number of hydrogen-bond donors (Lipinski definition) is 1. The van der Waals surface area contributed by atoms with E-state index < -0.39 is 0 Å². The van der Waals surface area contributed by atoms with Gasteiger partial charge in [0.15, 0.2) is 0 Å². The molecule has 2 rings (SSSR count). The number of benzene rings is 1. The zero-order valence-electron chi connectivity index (χ0n) is 12.2. The van der Waals surface area contributed by atoms with Gasteiger partial charge in [-0.1, -0.05) is 12.1 Å². The van der Waals surface area contributed by atoms with Gasteiger partial charge in [0, 0.05) is 17.4 Å². The van der Waals surface area contributed by atoms with Crippen LogP contribution >= 0.6 is 23.1 Å². The van der Waals surface area contributed by atoms with E-state index in [1.165, 1.54) is 15.3 Å². The topological polar surface area (TPSA) is 21.3 Å². The molecule has 108 valence electrons. The van der Waals surface area contributed by atoms with Gasteiger partial charge in [-0.3, -0.25) is 0 Å². The maximum absolute atomic E-state index is 5.74. The van der Waals surface area contributed by atoms with Gasteiger partial charge in [0.25, 0.3) is 0 Å². The standard InChI is InChI=1S/C16H21NOS2/c1-4-18-15-8-7-13(12(2)17-3)10-14(15)11-20-16-6-5-9-19-16/h5-10,12,17H,4,11H2,1-3H3. The third kappa shape index (κ3) is 4.01. The maximum atomic E-state index is 5.74. The summed E-state index contributed by atoms with van der Waals surface area (Å²) in [6.07, 6.45) is 0. The molecule has 0 aliphatic rings. The van der Waals surface area contributed by atoms with Crippen molar-refractivity contribution in [3.05, 3.63) is 46.8 Å². The Morgan fingerprint density at radius 2 is 2.20 bits per heavy atom. The fourth-order valence-corrected chi connectivity index (χ4v) is 3.70. The minimum Gasteiger partial charge on any atom is -0.494 e. The molecule has 1 atom stereocenters. The van der Waals surface area contributed by atoms with Gasteiger partial charge in [0.05, 0.1) is 10.8 Å². The molecule has 0 aliphatic carbocycles. The first-order valence-electron chi connectivity index (χ1n) is 6.83. The summed E-state index contributed by atoms with van der Waals surface area (Å²) in [7, 11) is 1.99. The van der Waals surface area contributed by atoms with Crippen molar-refractivity contribution in [2.75, 3.05) is 13.7 Å². The second-order valence-corrected chi connectivity index (χ2v) is 6.75. The molecule has 0 fully saturated rings. The number of ether oxygens (including phenoxy) is 1. The van der Waals surface area contributed by atoms with Crippen molar-refractivity contribution in [3.63, 3.8) is 0 Å². The van der Waals surface area contributed by atoms with E-state index in [-0.39, 0.29) is 0 Å². The molecule has 4 heteroatoms. The first-order valence-corrected chi connectivity index (χ1v) is 8.70. The first-order chi connectivity index (χ1) is 9.74. The number of hydrogen-bond acceptors (Lipinski definition) is 4. The lowest BCUT2D eigenvalue weighted by atomic mass is 10.1. The molecule has 1 aromatic heterocycles. The predicted molar refractivity (Wildman–Crippen MR) is 89.0 cm³/mol. The predicted octanol–water partition coefficient (Wildman–Crippen LogP) is 4.72. The van der Waals surface area contributed by atoms with Gasteiger partial charge in [0.1, 0.15) is 5.75 Å². The second kappa shape index (κ2) is 7.72. The monoisotopic (exact) mass is 307 g/mol. The Kier molecular flexibility index (Phi) is 5.95. The Balaban J connectivity index is 2.17. The van der Waals surface area contributed by atoms with Crippen LogP contribution in [0.25, 0.3) is 0 Å². The summed E-state index contributed by atoms with van der Waals surface area (Å²) >= 11 is 3.65. The molecule has 0 radical (unpaired) electrons. The molecule has 2 aromatic rings. The lowest BCUT2D eigenvalue weighted by Crippen LogP contribution is -2.12. The van der Waals surface area contributed by atoms with Crippen molar-refractivity contribution in [2.45, 2.75) is 29.9 Å². The molecule has 20 heavy (non-hydrogen) atoms. The van der Waals surface area contributed by atoms with Crippen LogP contribution in [-0.4, -0.2) is 13.7 Å². The largest absolute Gasteiger partial charge is 0.494 e. The van der Waals surface area contributed by atoms with Gasteiger partial charge < -0.3 is 10.1 Å². The van der Waals surface area contributed by atoms with Crippen molar-refractivity contribution < 1.29 is 4.74 Å². The molecule has 0 aliphatic heterocycles. The van der Waals surface area contributed by atoms with Crippen LogP contribution in [-0.2, 0) is 5.75 Å². The highest BCUT2D eigenvalue weighted by molar-refractivity contribution is 8.00. The molecule has 1 aromatic carbocycles. The smallest absolute Gasteiger partial charge is 0.123 e. The van der Waals surface area contributed by atoms with Crippen LogP contribution < -0.4 is 10.1 Å². The fraction of sp³-hybridized carbons (Fsp3) is 0.375. The highest BCUT2D eigenvalue weighted by Crippen LogP contribution is 2.32. The van der Waals surface area contributed by atoms with Crippen molar-refractivity contribution in [1.82, 2.24) is 5.32 Å². The van der Waals surface area contributed by atoms with Gasteiger partial charge in [0.2, 0.25) is 0 Å². The van der Waals surface area contributed by atoms with Crippen LogP contribution in [0, 0.1) is 0 Å². The molecular weight excluding hydrogens is 286 g/mol. The molecule has 0 saturated heterocycles. The average Bonchev–Trinajstić information content (AvgIpc) is 2.99. The lowest BCUT2D eigenvalue weighted by molar-refractivity contribution is 0.337. The Morgan fingerprint density at radius 3 is 2.85 bits per heavy atom. The summed E-state index contributed by atoms with van der Waals surface area (Å²) in [6, 6.07) is 11.1. The second-order valence-electron chi connectivity index (χ2n) is 4.53. The quantitative estimate of drug-likeness (QED) is 0.748. The van der Waals surface area contributed by atoms with E-state index >= 15 is 0 Å². The molecule has 1 unspecified atom stereocenters. The maximum Gasteiger partial charge on any atom is 0.123 e. The van der Waals surface area contributed by atoms with E-state index in [9.17, 15) is 0 Å². The zero-order valence-corrected chi connectivity index (χ0v) is 13.8. The van der Waals surface area contributed by atoms with Crippen molar-refractivity contribution in [1.29, 1.82) is 0 Å². The zero-order chi connectivity index (χ0) is 14.4. The van der Waals surface area contributed by atoms with E-state index in [1.807, 2.05) is 25.7 Å². The highest BCUT2D eigenvalue weighted by Gasteiger charge is 2.09. The van der Waals surface area contributed by atoms with Crippen LogP contribution in [0.2, 0.25) is 0 Å². The average molecular weight is 307 g/mol. The Labute approximate surface area is 129 Å². The summed E-state index contributed by atoms with van der Waals surface area (Å²) in [6.45, 7) is 4.91. The van der Waals surface area contributed by atoms with Gasteiger partial charge in [-0.15, -0.1) is 23.1 Å². The Morgan fingerprint density at radius 1 is 1.35 bits per heavy atom. The van der Waals surface area contributed by atoms with Crippen molar-refractivity contribution >= 4 is 23.1 Å². The number of nitrogens with one attached hydrogen (secondary N) is 1. The Bertz CT molecular complexity index is 525. The molecular formula is C16H21NOS2. The summed E-state index contributed by atoms with van der Waals surface area (Å²) < 4.78 is 7.09. The number of rotatable bonds is 7. The molecule has 0 bridgehead atoms. The van der Waals surface area contributed by atoms with E-state index in [2.05, 4.69) is 48.0 Å². The Hall–Kier alpha value is -0.970. The SMILES string of the molecule is CCOc1ccc(C(C)NC)cc1CSc1cccs1. The fourth-order valence-electron chi connectivity index (χ4n) is 1.94. The van der Waals surface area contributed by atoms with Gasteiger partial charge in [-0.2, -0.15) is 0 Å². The third-order valence-electron chi connectivity index (χ3n) is 3.18. The molecule has 0 saturated carbocycles. The van der Waals surface area contributed by atoms with E-state index in [4.69, 9.17) is 4.74 Å².